The van der Waals surface area contributed by atoms with Crippen LogP contribution in [0.25, 0.3) is 0 Å². The predicted molar refractivity (Wildman–Crippen MR) is 109 cm³/mol. The van der Waals surface area contributed by atoms with E-state index in [1.807, 2.05) is 45.0 Å². The number of hydrogen-bond acceptors (Lipinski definition) is 4. The number of rotatable bonds is 4. The first kappa shape index (κ1) is 20.3. The van der Waals surface area contributed by atoms with Gasteiger partial charge in [-0.3, -0.25) is 4.79 Å². The third-order valence-corrected chi connectivity index (χ3v) is 6.99. The van der Waals surface area contributed by atoms with Crippen LogP contribution in [-0.2, 0) is 14.8 Å². The van der Waals surface area contributed by atoms with Crippen LogP contribution in [-0.4, -0.2) is 25.2 Å². The molecule has 5 nitrogen and oxygen atoms in total. The van der Waals surface area contributed by atoms with Crippen molar-refractivity contribution in [2.24, 2.45) is 0 Å². The number of aryl methyl sites for hydroxylation is 1. The predicted octanol–water partition coefficient (Wildman–Crippen LogP) is 4.39. The van der Waals surface area contributed by atoms with E-state index in [2.05, 4.69) is 0 Å². The molecule has 0 saturated heterocycles. The minimum absolute atomic E-state index is 0.298. The summed E-state index contributed by atoms with van der Waals surface area (Å²) in [5.41, 5.74) is 4.16. The number of ether oxygens (including phenoxy) is 1. The molecule has 1 aliphatic rings. The molecule has 6 heteroatoms. The summed E-state index contributed by atoms with van der Waals surface area (Å²) in [7, 11) is -3.65. The number of benzene rings is 2. The Morgan fingerprint density at radius 3 is 2.14 bits per heavy atom. The van der Waals surface area contributed by atoms with E-state index in [-0.39, 0.29) is 12.0 Å². The molecule has 0 aliphatic carbocycles. The maximum Gasteiger partial charge on any atom is 0.308 e. The number of carbonyl (C=O) groups excluding carboxylic acids is 1. The summed E-state index contributed by atoms with van der Waals surface area (Å²) < 4.78 is 33.4. The number of esters is 1. The third kappa shape index (κ3) is 4.18. The highest BCUT2D eigenvalue weighted by Gasteiger charge is 2.35. The van der Waals surface area contributed by atoms with Gasteiger partial charge in [0, 0.05) is 13.5 Å². The standard InChI is InChI=1S/C22H25NO4S/c1-15-5-11-21(12-6-15)28(25,26)23-14-17(3)16(2)13-22(23)19-7-9-20(10-8-19)27-18(4)24/h5-12,22H,13-14H2,1-4H3. The Kier molecular flexibility index (Phi) is 5.72. The normalized spacial score (nSPS) is 18.2. The Labute approximate surface area is 166 Å². The second-order valence-corrected chi connectivity index (χ2v) is 9.20. The maximum absolute atomic E-state index is 13.4. The molecule has 1 unspecified atom stereocenters. The quantitative estimate of drug-likeness (QED) is 0.434. The fourth-order valence-electron chi connectivity index (χ4n) is 3.35. The highest BCUT2D eigenvalue weighted by molar-refractivity contribution is 7.89. The van der Waals surface area contributed by atoms with Gasteiger partial charge in [-0.15, -0.1) is 0 Å². The van der Waals surface area contributed by atoms with Crippen molar-refractivity contribution < 1.29 is 17.9 Å². The second-order valence-electron chi connectivity index (χ2n) is 7.31. The van der Waals surface area contributed by atoms with E-state index in [1.165, 1.54) is 12.5 Å². The van der Waals surface area contributed by atoms with Gasteiger partial charge < -0.3 is 4.74 Å². The van der Waals surface area contributed by atoms with Gasteiger partial charge in [0.2, 0.25) is 10.0 Å². The Morgan fingerprint density at radius 1 is 0.964 bits per heavy atom. The average Bonchev–Trinajstić information content (AvgIpc) is 2.64. The number of carbonyl (C=O) groups is 1. The zero-order valence-electron chi connectivity index (χ0n) is 16.6. The molecule has 1 heterocycles. The molecule has 0 radical (unpaired) electrons. The van der Waals surface area contributed by atoms with Gasteiger partial charge in [0.25, 0.3) is 0 Å². The van der Waals surface area contributed by atoms with Gasteiger partial charge in [-0.1, -0.05) is 41.0 Å². The summed E-state index contributed by atoms with van der Waals surface area (Å²) >= 11 is 0. The largest absolute Gasteiger partial charge is 0.427 e. The highest BCUT2D eigenvalue weighted by Crippen LogP contribution is 2.38. The fourth-order valence-corrected chi connectivity index (χ4v) is 5.00. The van der Waals surface area contributed by atoms with Gasteiger partial charge >= 0.3 is 5.97 Å². The zero-order chi connectivity index (χ0) is 20.5. The number of sulfonamides is 1. The molecule has 1 atom stereocenters. The van der Waals surface area contributed by atoms with Crippen molar-refractivity contribution in [1.29, 1.82) is 0 Å². The summed E-state index contributed by atoms with van der Waals surface area (Å²) in [6.45, 7) is 7.67. The first-order valence-electron chi connectivity index (χ1n) is 9.20. The fraction of sp³-hybridized carbons (Fsp3) is 0.318. The van der Waals surface area contributed by atoms with E-state index in [0.717, 1.165) is 16.7 Å². The van der Waals surface area contributed by atoms with Crippen LogP contribution in [0.5, 0.6) is 5.75 Å². The van der Waals surface area contributed by atoms with Gasteiger partial charge in [-0.2, -0.15) is 4.31 Å². The molecule has 0 N–H and O–H groups in total. The minimum atomic E-state index is -3.65. The Hall–Kier alpha value is -2.44. The lowest BCUT2D eigenvalue weighted by molar-refractivity contribution is -0.131. The Bertz CT molecular complexity index is 1010. The number of hydrogen-bond donors (Lipinski definition) is 0. The Balaban J connectivity index is 2.00. The summed E-state index contributed by atoms with van der Waals surface area (Å²) in [6.07, 6.45) is 0.629. The average molecular weight is 400 g/mol. The topological polar surface area (TPSA) is 63.7 Å². The molecule has 0 saturated carbocycles. The third-order valence-electron chi connectivity index (χ3n) is 5.12. The monoisotopic (exact) mass is 399 g/mol. The molecule has 3 rings (SSSR count). The van der Waals surface area contributed by atoms with Crippen LogP contribution >= 0.6 is 0 Å². The van der Waals surface area contributed by atoms with Crippen LogP contribution in [0.2, 0.25) is 0 Å². The van der Waals surface area contributed by atoms with Crippen LogP contribution in [0.3, 0.4) is 0 Å². The molecule has 0 amide bonds. The van der Waals surface area contributed by atoms with Crippen LogP contribution in [0, 0.1) is 6.92 Å². The smallest absolute Gasteiger partial charge is 0.308 e. The van der Waals surface area contributed by atoms with E-state index in [0.29, 0.717) is 23.6 Å². The van der Waals surface area contributed by atoms with Crippen molar-refractivity contribution in [2.45, 2.75) is 45.1 Å². The van der Waals surface area contributed by atoms with Gasteiger partial charge in [0.15, 0.2) is 0 Å². The molecule has 28 heavy (non-hydrogen) atoms. The van der Waals surface area contributed by atoms with E-state index in [1.54, 1.807) is 28.6 Å². The lowest BCUT2D eigenvalue weighted by atomic mass is 9.93. The van der Waals surface area contributed by atoms with Crippen LogP contribution in [0.4, 0.5) is 0 Å². The zero-order valence-corrected chi connectivity index (χ0v) is 17.4. The van der Waals surface area contributed by atoms with Gasteiger partial charge in [-0.05, 0) is 57.0 Å². The first-order chi connectivity index (χ1) is 13.2. The highest BCUT2D eigenvalue weighted by atomic mass is 32.2. The molecule has 0 aromatic heterocycles. The van der Waals surface area contributed by atoms with Gasteiger partial charge in [0.1, 0.15) is 5.75 Å². The molecule has 2 aromatic rings. The molecule has 0 bridgehead atoms. The van der Waals surface area contributed by atoms with E-state index in [4.69, 9.17) is 4.74 Å². The SMILES string of the molecule is CC(=O)Oc1ccc(C2CC(C)=C(C)CN2S(=O)(=O)c2ccc(C)cc2)cc1. The molecule has 1 aliphatic heterocycles. The van der Waals surface area contributed by atoms with Crippen molar-refractivity contribution in [1.82, 2.24) is 4.31 Å². The summed E-state index contributed by atoms with van der Waals surface area (Å²) in [5, 5.41) is 0. The Morgan fingerprint density at radius 2 is 1.57 bits per heavy atom. The maximum atomic E-state index is 13.4. The van der Waals surface area contributed by atoms with Gasteiger partial charge in [0.05, 0.1) is 10.9 Å². The first-order valence-corrected chi connectivity index (χ1v) is 10.6. The number of nitrogens with zero attached hydrogens (tertiary/aromatic N) is 1. The molecular formula is C22H25NO4S. The van der Waals surface area contributed by atoms with Crippen LogP contribution in [0.15, 0.2) is 64.6 Å². The van der Waals surface area contributed by atoms with Crippen molar-refractivity contribution in [3.8, 4) is 5.75 Å². The molecule has 148 valence electrons. The van der Waals surface area contributed by atoms with Crippen LogP contribution < -0.4 is 4.74 Å². The van der Waals surface area contributed by atoms with Crippen molar-refractivity contribution in [3.63, 3.8) is 0 Å². The summed E-state index contributed by atoms with van der Waals surface area (Å²) in [5.74, 6) is 0.0619. The molecule has 0 fully saturated rings. The molecular weight excluding hydrogens is 374 g/mol. The lowest BCUT2D eigenvalue weighted by Crippen LogP contribution is -2.39. The van der Waals surface area contributed by atoms with Crippen LogP contribution in [0.1, 0.15) is 44.4 Å². The second kappa shape index (κ2) is 7.89. The van der Waals surface area contributed by atoms with E-state index >= 15 is 0 Å². The van der Waals surface area contributed by atoms with Crippen molar-refractivity contribution in [2.75, 3.05) is 6.54 Å². The lowest BCUT2D eigenvalue weighted by Gasteiger charge is -2.36. The molecule has 0 spiro atoms. The minimum Gasteiger partial charge on any atom is -0.427 e. The summed E-state index contributed by atoms with van der Waals surface area (Å²) in [6, 6.07) is 13.7. The van der Waals surface area contributed by atoms with Crippen molar-refractivity contribution in [3.05, 3.63) is 70.8 Å². The molecule has 2 aromatic carbocycles. The van der Waals surface area contributed by atoms with Crippen molar-refractivity contribution >= 4 is 16.0 Å². The van der Waals surface area contributed by atoms with E-state index < -0.39 is 10.0 Å². The summed E-state index contributed by atoms with van der Waals surface area (Å²) in [4.78, 5) is 11.4. The van der Waals surface area contributed by atoms with Gasteiger partial charge in [-0.25, -0.2) is 8.42 Å². The van der Waals surface area contributed by atoms with E-state index in [9.17, 15) is 13.2 Å².